The van der Waals surface area contributed by atoms with E-state index in [1.165, 1.54) is 16.2 Å². The molecule has 0 bridgehead atoms. The highest BCUT2D eigenvalue weighted by Crippen LogP contribution is 2.39. The predicted octanol–water partition coefficient (Wildman–Crippen LogP) is 5.63. The molecule has 1 aliphatic heterocycles. The van der Waals surface area contributed by atoms with E-state index in [1.807, 2.05) is 64.1 Å². The zero-order valence-electron chi connectivity index (χ0n) is 26.5. The lowest BCUT2D eigenvalue weighted by molar-refractivity contribution is -0.139. The van der Waals surface area contributed by atoms with Crippen molar-refractivity contribution in [1.82, 2.24) is 9.13 Å². The standard InChI is InChI=1S/C35H37N3O5S2/c1-7-42-33(40)28-21(5)36-35-38(30(28)23-15-13-19(3)14-16-23)31(39)27(45-35)18-24-17-20(4)37(22(24)6)32-29(34(41)43-8-2)25-11-9-10-12-26(25)44-32/h13-18,30H,7-12H2,1-6H3/b27-18+/t30-/m0/s1. The van der Waals surface area contributed by atoms with Gasteiger partial charge in [0.25, 0.3) is 5.56 Å². The van der Waals surface area contributed by atoms with Gasteiger partial charge in [-0.05, 0) is 96.1 Å². The summed E-state index contributed by atoms with van der Waals surface area (Å²) in [6, 6.07) is 9.25. The van der Waals surface area contributed by atoms with Crippen molar-refractivity contribution in [1.29, 1.82) is 0 Å². The number of nitrogens with zero attached hydrogens (tertiary/aromatic N) is 3. The zero-order chi connectivity index (χ0) is 32.0. The van der Waals surface area contributed by atoms with E-state index in [0.29, 0.717) is 32.8 Å². The lowest BCUT2D eigenvalue weighted by Crippen LogP contribution is -2.39. The normalized spacial score (nSPS) is 16.3. The summed E-state index contributed by atoms with van der Waals surface area (Å²) in [4.78, 5) is 47.1. The first-order valence-corrected chi connectivity index (χ1v) is 17.0. The van der Waals surface area contributed by atoms with Gasteiger partial charge in [-0.1, -0.05) is 41.2 Å². The Kier molecular flexibility index (Phi) is 8.54. The summed E-state index contributed by atoms with van der Waals surface area (Å²) in [5.74, 6) is -0.753. The summed E-state index contributed by atoms with van der Waals surface area (Å²) >= 11 is 2.98. The van der Waals surface area contributed by atoms with Crippen LogP contribution in [0.1, 0.15) is 88.5 Å². The Labute approximate surface area is 270 Å². The Bertz CT molecular complexity index is 2040. The molecule has 4 aromatic rings. The molecule has 0 amide bonds. The molecule has 0 saturated carbocycles. The molecule has 2 aliphatic rings. The molecule has 6 rings (SSSR count). The van der Waals surface area contributed by atoms with Crippen LogP contribution in [0.2, 0.25) is 0 Å². The van der Waals surface area contributed by atoms with Crippen molar-refractivity contribution in [3.8, 4) is 5.00 Å². The number of aromatic nitrogens is 2. The number of carbonyl (C=O) groups excluding carboxylic acids is 2. The third-order valence-corrected chi connectivity index (χ3v) is 10.8. The van der Waals surface area contributed by atoms with Gasteiger partial charge in [-0.25, -0.2) is 14.6 Å². The number of aryl methyl sites for hydroxylation is 3. The number of ether oxygens (including phenoxy) is 2. The van der Waals surface area contributed by atoms with Gasteiger partial charge in [0.05, 0.1) is 40.6 Å². The lowest BCUT2D eigenvalue weighted by Gasteiger charge is -2.24. The number of fused-ring (bicyclic) bond motifs is 2. The van der Waals surface area contributed by atoms with E-state index in [1.54, 1.807) is 29.8 Å². The van der Waals surface area contributed by atoms with Crippen LogP contribution in [0.25, 0.3) is 11.1 Å². The van der Waals surface area contributed by atoms with Gasteiger partial charge in [-0.3, -0.25) is 9.36 Å². The topological polar surface area (TPSA) is 91.9 Å². The van der Waals surface area contributed by atoms with Gasteiger partial charge in [0.1, 0.15) is 5.00 Å². The Morgan fingerprint density at radius 2 is 1.67 bits per heavy atom. The van der Waals surface area contributed by atoms with Gasteiger partial charge >= 0.3 is 11.9 Å². The molecule has 4 heterocycles. The second kappa shape index (κ2) is 12.4. The molecule has 10 heteroatoms. The Morgan fingerprint density at radius 1 is 0.978 bits per heavy atom. The maximum atomic E-state index is 14.2. The van der Waals surface area contributed by atoms with E-state index >= 15 is 0 Å². The first-order valence-electron chi connectivity index (χ1n) is 15.4. The fourth-order valence-corrected chi connectivity index (χ4v) is 8.89. The number of thiophene rings is 1. The summed E-state index contributed by atoms with van der Waals surface area (Å²) in [5.41, 5.74) is 7.15. The van der Waals surface area contributed by atoms with Crippen LogP contribution < -0.4 is 14.9 Å². The van der Waals surface area contributed by atoms with E-state index in [2.05, 4.69) is 4.57 Å². The second-order valence-electron chi connectivity index (χ2n) is 11.5. The minimum Gasteiger partial charge on any atom is -0.463 e. The minimum atomic E-state index is -0.653. The van der Waals surface area contributed by atoms with E-state index < -0.39 is 12.0 Å². The summed E-state index contributed by atoms with van der Waals surface area (Å²) in [6.45, 7) is 12.0. The number of esters is 2. The van der Waals surface area contributed by atoms with Gasteiger partial charge in [-0.2, -0.15) is 0 Å². The maximum Gasteiger partial charge on any atom is 0.341 e. The van der Waals surface area contributed by atoms with Crippen LogP contribution in [0.4, 0.5) is 0 Å². The molecule has 8 nitrogen and oxygen atoms in total. The van der Waals surface area contributed by atoms with Crippen molar-refractivity contribution >= 4 is 40.7 Å². The quantitative estimate of drug-likeness (QED) is 0.244. The van der Waals surface area contributed by atoms with E-state index in [-0.39, 0.29) is 18.1 Å². The molecule has 1 atom stereocenters. The molecule has 0 saturated heterocycles. The average Bonchev–Trinajstić information content (AvgIpc) is 3.62. The lowest BCUT2D eigenvalue weighted by atomic mass is 9.95. The molecule has 0 N–H and O–H groups in total. The number of benzene rings is 1. The van der Waals surface area contributed by atoms with Crippen molar-refractivity contribution in [2.75, 3.05) is 13.2 Å². The fraction of sp³-hybridized carbons (Fsp3) is 0.371. The number of rotatable bonds is 7. The van der Waals surface area contributed by atoms with E-state index in [4.69, 9.17) is 14.5 Å². The van der Waals surface area contributed by atoms with Gasteiger partial charge in [0, 0.05) is 16.3 Å². The third kappa shape index (κ3) is 5.44. The largest absolute Gasteiger partial charge is 0.463 e. The smallest absolute Gasteiger partial charge is 0.341 e. The fourth-order valence-electron chi connectivity index (χ4n) is 6.37. The van der Waals surface area contributed by atoms with Gasteiger partial charge < -0.3 is 14.0 Å². The van der Waals surface area contributed by atoms with Crippen LogP contribution in [0.3, 0.4) is 0 Å². The highest BCUT2D eigenvalue weighted by Gasteiger charge is 2.33. The summed E-state index contributed by atoms with van der Waals surface area (Å²) in [6.07, 6.45) is 5.92. The number of hydrogen-bond acceptors (Lipinski definition) is 8. The van der Waals surface area contributed by atoms with Crippen LogP contribution in [-0.2, 0) is 27.1 Å². The molecule has 1 aliphatic carbocycles. The molecular weight excluding hydrogens is 607 g/mol. The first-order chi connectivity index (χ1) is 21.6. The van der Waals surface area contributed by atoms with Crippen LogP contribution in [0.5, 0.6) is 0 Å². The molecule has 0 radical (unpaired) electrons. The first kappa shape index (κ1) is 31.0. The number of allylic oxidation sites excluding steroid dienone is 1. The average molecular weight is 644 g/mol. The number of carbonyl (C=O) groups is 2. The zero-order valence-corrected chi connectivity index (χ0v) is 28.1. The van der Waals surface area contributed by atoms with Crippen LogP contribution in [0.15, 0.2) is 51.4 Å². The van der Waals surface area contributed by atoms with E-state index in [0.717, 1.165) is 64.3 Å². The summed E-state index contributed by atoms with van der Waals surface area (Å²) in [7, 11) is 0. The predicted molar refractivity (Wildman–Crippen MR) is 177 cm³/mol. The summed E-state index contributed by atoms with van der Waals surface area (Å²) < 4.78 is 15.2. The van der Waals surface area contributed by atoms with Crippen molar-refractivity contribution in [2.45, 2.75) is 73.3 Å². The Balaban J connectivity index is 1.50. The van der Waals surface area contributed by atoms with Crippen LogP contribution >= 0.6 is 22.7 Å². The molecule has 234 valence electrons. The SMILES string of the molecule is CCOC(=O)C1=C(C)N=c2s/c(=C/c3cc(C)n(-c4sc5c(c4C(=O)OCC)CCCC5)c3C)c(=O)n2[C@H]1c1ccc(C)cc1. The molecule has 45 heavy (non-hydrogen) atoms. The van der Waals surface area contributed by atoms with Crippen molar-refractivity contribution < 1.29 is 19.1 Å². The molecule has 0 spiro atoms. The minimum absolute atomic E-state index is 0.220. The Hall–Kier alpha value is -4.02. The van der Waals surface area contributed by atoms with Crippen LogP contribution in [0, 0.1) is 20.8 Å². The number of thiazole rings is 1. The van der Waals surface area contributed by atoms with E-state index in [9.17, 15) is 14.4 Å². The van der Waals surface area contributed by atoms with Gasteiger partial charge in [-0.15, -0.1) is 11.3 Å². The van der Waals surface area contributed by atoms with Crippen molar-refractivity contribution in [3.63, 3.8) is 0 Å². The van der Waals surface area contributed by atoms with Gasteiger partial charge in [0.15, 0.2) is 4.80 Å². The second-order valence-corrected chi connectivity index (χ2v) is 13.6. The molecule has 1 aromatic carbocycles. The van der Waals surface area contributed by atoms with Gasteiger partial charge in [0.2, 0.25) is 0 Å². The molecule has 0 unspecified atom stereocenters. The summed E-state index contributed by atoms with van der Waals surface area (Å²) in [5, 5.41) is 0.880. The van der Waals surface area contributed by atoms with Crippen LogP contribution in [-0.4, -0.2) is 34.3 Å². The molecule has 0 fully saturated rings. The maximum absolute atomic E-state index is 14.2. The molecular formula is C35H37N3O5S2. The highest BCUT2D eigenvalue weighted by atomic mass is 32.1. The van der Waals surface area contributed by atoms with Crippen molar-refractivity contribution in [3.05, 3.63) is 105 Å². The Morgan fingerprint density at radius 3 is 2.38 bits per heavy atom. The highest BCUT2D eigenvalue weighted by molar-refractivity contribution is 7.15. The third-order valence-electron chi connectivity index (χ3n) is 8.50. The molecule has 3 aromatic heterocycles. The van der Waals surface area contributed by atoms with Crippen molar-refractivity contribution in [2.24, 2.45) is 4.99 Å². The monoisotopic (exact) mass is 643 g/mol. The number of hydrogen-bond donors (Lipinski definition) is 0.